The van der Waals surface area contributed by atoms with Crippen LogP contribution in [0, 0.1) is 0 Å². The fourth-order valence-corrected chi connectivity index (χ4v) is 3.43. The maximum atomic E-state index is 12.1. The molecular formula is C23H22ClN5O4. The fraction of sp³-hybridized carbons (Fsp3) is 0.217. The lowest BCUT2D eigenvalue weighted by atomic mass is 10.1. The molecule has 1 N–H and O–H groups in total. The Morgan fingerprint density at radius 3 is 2.64 bits per heavy atom. The zero-order valence-electron chi connectivity index (χ0n) is 18.1. The average Bonchev–Trinajstić information content (AvgIpc) is 3.26. The second kappa shape index (κ2) is 10.2. The molecule has 0 saturated carbocycles. The van der Waals surface area contributed by atoms with Crippen LogP contribution in [0.15, 0.2) is 54.6 Å². The number of benzene rings is 2. The maximum absolute atomic E-state index is 12.1. The molecule has 2 aromatic carbocycles. The SMILES string of the molecule is COc1ccc(-c2nnc3ccc(OCCNC(=O)Cc4ccccc4Cl)nn23)cc1OC. The molecule has 2 aromatic heterocycles. The molecule has 0 aliphatic carbocycles. The largest absolute Gasteiger partial charge is 0.493 e. The predicted molar refractivity (Wildman–Crippen MR) is 123 cm³/mol. The minimum atomic E-state index is -0.135. The summed E-state index contributed by atoms with van der Waals surface area (Å²) in [5, 5.41) is 16.2. The summed E-state index contributed by atoms with van der Waals surface area (Å²) in [6, 6.07) is 16.2. The number of fused-ring (bicyclic) bond motifs is 1. The zero-order valence-corrected chi connectivity index (χ0v) is 18.9. The van der Waals surface area contributed by atoms with Gasteiger partial charge in [-0.3, -0.25) is 4.79 Å². The molecule has 2 heterocycles. The molecule has 0 bridgehead atoms. The van der Waals surface area contributed by atoms with Gasteiger partial charge in [0.25, 0.3) is 0 Å². The summed E-state index contributed by atoms with van der Waals surface area (Å²) in [5.74, 6) is 1.97. The third-order valence-electron chi connectivity index (χ3n) is 4.86. The summed E-state index contributed by atoms with van der Waals surface area (Å²) < 4.78 is 18.0. The lowest BCUT2D eigenvalue weighted by Gasteiger charge is -2.09. The van der Waals surface area contributed by atoms with E-state index >= 15 is 0 Å². The zero-order chi connectivity index (χ0) is 23.2. The monoisotopic (exact) mass is 467 g/mol. The second-order valence-electron chi connectivity index (χ2n) is 7.00. The number of ether oxygens (including phenoxy) is 3. The first-order chi connectivity index (χ1) is 16.1. The van der Waals surface area contributed by atoms with Crippen LogP contribution in [0.3, 0.4) is 0 Å². The van der Waals surface area contributed by atoms with E-state index in [9.17, 15) is 4.79 Å². The molecule has 170 valence electrons. The van der Waals surface area contributed by atoms with E-state index in [0.717, 1.165) is 11.1 Å². The van der Waals surface area contributed by atoms with Crippen LogP contribution in [0.25, 0.3) is 17.0 Å². The molecule has 0 radical (unpaired) electrons. The van der Waals surface area contributed by atoms with Gasteiger partial charge in [-0.2, -0.15) is 4.52 Å². The van der Waals surface area contributed by atoms with Gasteiger partial charge in [-0.25, -0.2) is 0 Å². The Morgan fingerprint density at radius 2 is 1.85 bits per heavy atom. The average molecular weight is 468 g/mol. The van der Waals surface area contributed by atoms with Crippen molar-refractivity contribution < 1.29 is 19.0 Å². The Balaban J connectivity index is 1.39. The van der Waals surface area contributed by atoms with Crippen LogP contribution < -0.4 is 19.5 Å². The minimum absolute atomic E-state index is 0.135. The Hall–Kier alpha value is -3.85. The number of methoxy groups -OCH3 is 2. The van der Waals surface area contributed by atoms with Crippen molar-refractivity contribution in [1.29, 1.82) is 0 Å². The minimum Gasteiger partial charge on any atom is -0.493 e. The summed E-state index contributed by atoms with van der Waals surface area (Å²) in [4.78, 5) is 12.1. The van der Waals surface area contributed by atoms with E-state index in [1.807, 2.05) is 24.3 Å². The van der Waals surface area contributed by atoms with Crippen molar-refractivity contribution in [2.24, 2.45) is 0 Å². The highest BCUT2D eigenvalue weighted by Crippen LogP contribution is 2.31. The van der Waals surface area contributed by atoms with E-state index in [4.69, 9.17) is 25.8 Å². The van der Waals surface area contributed by atoms with Crippen molar-refractivity contribution in [3.63, 3.8) is 0 Å². The summed E-state index contributed by atoms with van der Waals surface area (Å²) in [6.45, 7) is 0.578. The first kappa shape index (κ1) is 22.3. The molecule has 4 rings (SSSR count). The van der Waals surface area contributed by atoms with E-state index in [1.165, 1.54) is 0 Å². The molecule has 0 aliphatic rings. The van der Waals surface area contributed by atoms with E-state index in [-0.39, 0.29) is 18.9 Å². The van der Waals surface area contributed by atoms with Gasteiger partial charge in [-0.15, -0.1) is 15.3 Å². The highest BCUT2D eigenvalue weighted by Gasteiger charge is 2.14. The Labute approximate surface area is 195 Å². The molecule has 0 unspecified atom stereocenters. The quantitative estimate of drug-likeness (QED) is 0.377. The fourth-order valence-electron chi connectivity index (χ4n) is 3.23. The third kappa shape index (κ3) is 5.15. The first-order valence-corrected chi connectivity index (χ1v) is 10.5. The Morgan fingerprint density at radius 1 is 1.03 bits per heavy atom. The topological polar surface area (TPSA) is 99.9 Å². The van der Waals surface area contributed by atoms with Gasteiger partial charge in [0.2, 0.25) is 11.8 Å². The van der Waals surface area contributed by atoms with Gasteiger partial charge in [0.1, 0.15) is 6.61 Å². The predicted octanol–water partition coefficient (Wildman–Crippen LogP) is 3.20. The van der Waals surface area contributed by atoms with E-state index in [2.05, 4.69) is 20.6 Å². The number of hydrogen-bond acceptors (Lipinski definition) is 7. The molecule has 0 atom stereocenters. The van der Waals surface area contributed by atoms with E-state index in [1.54, 1.807) is 49.1 Å². The standard InChI is InChI=1S/C23H22ClN5O4/c1-31-18-8-7-16(13-19(18)32-2)23-27-26-20-9-10-22(28-29(20)23)33-12-11-25-21(30)14-15-5-3-4-6-17(15)24/h3-10,13H,11-12,14H2,1-2H3,(H,25,30). The van der Waals surface area contributed by atoms with Crippen LogP contribution in [0.5, 0.6) is 17.4 Å². The maximum Gasteiger partial charge on any atom is 0.231 e. The molecule has 0 saturated heterocycles. The van der Waals surface area contributed by atoms with E-state index < -0.39 is 0 Å². The molecule has 4 aromatic rings. The van der Waals surface area contributed by atoms with Crippen molar-refractivity contribution in [3.8, 4) is 28.8 Å². The van der Waals surface area contributed by atoms with E-state index in [0.29, 0.717) is 40.4 Å². The number of halogens is 1. The Bertz CT molecular complexity index is 1280. The number of amides is 1. The molecule has 9 nitrogen and oxygen atoms in total. The molecule has 1 amide bonds. The highest BCUT2D eigenvalue weighted by molar-refractivity contribution is 6.31. The molecule has 0 fully saturated rings. The number of aromatic nitrogens is 4. The second-order valence-corrected chi connectivity index (χ2v) is 7.41. The van der Waals surface area contributed by atoms with Gasteiger partial charge < -0.3 is 19.5 Å². The van der Waals surface area contributed by atoms with Crippen molar-refractivity contribution in [2.45, 2.75) is 6.42 Å². The van der Waals surface area contributed by atoms with Crippen molar-refractivity contribution in [2.75, 3.05) is 27.4 Å². The van der Waals surface area contributed by atoms with Gasteiger partial charge >= 0.3 is 0 Å². The van der Waals surface area contributed by atoms with Gasteiger partial charge in [-0.05, 0) is 35.9 Å². The normalized spacial score (nSPS) is 10.8. The number of carbonyl (C=O) groups is 1. The van der Waals surface area contributed by atoms with Crippen LogP contribution in [-0.4, -0.2) is 53.1 Å². The summed E-state index contributed by atoms with van der Waals surface area (Å²) in [5.41, 5.74) is 2.11. The summed E-state index contributed by atoms with van der Waals surface area (Å²) in [7, 11) is 3.15. The third-order valence-corrected chi connectivity index (χ3v) is 5.23. The number of nitrogens with one attached hydrogen (secondary N) is 1. The van der Waals surface area contributed by atoms with Gasteiger partial charge in [0.15, 0.2) is 23.0 Å². The summed E-state index contributed by atoms with van der Waals surface area (Å²) >= 11 is 6.10. The van der Waals surface area contributed by atoms with Crippen LogP contribution in [0.2, 0.25) is 5.02 Å². The summed E-state index contributed by atoms with van der Waals surface area (Å²) in [6.07, 6.45) is 0.208. The molecular weight excluding hydrogens is 446 g/mol. The van der Waals surface area contributed by atoms with Gasteiger partial charge in [0.05, 0.1) is 27.2 Å². The molecule has 10 heteroatoms. The van der Waals surface area contributed by atoms with Crippen molar-refractivity contribution >= 4 is 23.2 Å². The number of rotatable bonds is 9. The van der Waals surface area contributed by atoms with Crippen LogP contribution in [-0.2, 0) is 11.2 Å². The number of carbonyl (C=O) groups excluding carboxylic acids is 1. The molecule has 0 spiro atoms. The lowest BCUT2D eigenvalue weighted by molar-refractivity contribution is -0.120. The van der Waals surface area contributed by atoms with Crippen LogP contribution in [0.4, 0.5) is 0 Å². The molecule has 33 heavy (non-hydrogen) atoms. The van der Waals surface area contributed by atoms with Crippen LogP contribution in [0.1, 0.15) is 5.56 Å². The van der Waals surface area contributed by atoms with Gasteiger partial charge in [-0.1, -0.05) is 29.8 Å². The van der Waals surface area contributed by atoms with Crippen molar-refractivity contribution in [3.05, 3.63) is 65.2 Å². The lowest BCUT2D eigenvalue weighted by Crippen LogP contribution is -2.29. The first-order valence-electron chi connectivity index (χ1n) is 10.2. The highest BCUT2D eigenvalue weighted by atomic mass is 35.5. The Kier molecular flexibility index (Phi) is 6.89. The molecule has 0 aliphatic heterocycles. The van der Waals surface area contributed by atoms with Gasteiger partial charge in [0, 0.05) is 16.7 Å². The smallest absolute Gasteiger partial charge is 0.231 e. The van der Waals surface area contributed by atoms with Crippen LogP contribution >= 0.6 is 11.6 Å². The number of nitrogens with zero attached hydrogens (tertiary/aromatic N) is 4. The number of hydrogen-bond donors (Lipinski definition) is 1. The van der Waals surface area contributed by atoms with Crippen molar-refractivity contribution in [1.82, 2.24) is 25.1 Å².